The first kappa shape index (κ1) is 10.8. The van der Waals surface area contributed by atoms with E-state index < -0.39 is 5.97 Å². The quantitative estimate of drug-likeness (QED) is 0.780. The zero-order valence-electron chi connectivity index (χ0n) is 8.66. The van der Waals surface area contributed by atoms with Crippen molar-refractivity contribution in [3.8, 4) is 0 Å². The first-order valence-electron chi connectivity index (χ1n) is 5.10. The Morgan fingerprint density at radius 2 is 1.71 bits per heavy atom. The Balaban J connectivity index is 0.000000461. The molecule has 1 aliphatic carbocycles. The second kappa shape index (κ2) is 4.80. The van der Waals surface area contributed by atoms with E-state index in [0.717, 1.165) is 0 Å². The number of aromatic carboxylic acids is 1. The van der Waals surface area contributed by atoms with Crippen molar-refractivity contribution in [2.75, 3.05) is 0 Å². The van der Waals surface area contributed by atoms with Crippen molar-refractivity contribution in [3.63, 3.8) is 0 Å². The van der Waals surface area contributed by atoms with Crippen molar-refractivity contribution in [2.45, 2.75) is 32.6 Å². The molecule has 1 aliphatic rings. The molecule has 0 spiro atoms. The van der Waals surface area contributed by atoms with Crippen LogP contribution >= 0.6 is 0 Å². The van der Waals surface area contributed by atoms with Gasteiger partial charge in [-0.05, 0) is 36.5 Å². The molecule has 0 heterocycles. The molecule has 76 valence electrons. The number of carbonyl (C=O) groups is 1. The van der Waals surface area contributed by atoms with E-state index in [1.54, 1.807) is 12.1 Å². The fourth-order valence-corrected chi connectivity index (χ4v) is 1.31. The summed E-state index contributed by atoms with van der Waals surface area (Å²) in [6.07, 6.45) is 2.51. The van der Waals surface area contributed by atoms with Gasteiger partial charge in [0.15, 0.2) is 0 Å². The average molecular weight is 192 g/mol. The summed E-state index contributed by atoms with van der Waals surface area (Å²) in [6.45, 7) is 4.00. The van der Waals surface area contributed by atoms with Gasteiger partial charge >= 0.3 is 5.97 Å². The Kier molecular flexibility index (Phi) is 3.69. The highest BCUT2D eigenvalue weighted by atomic mass is 16.4. The Morgan fingerprint density at radius 1 is 1.21 bits per heavy atom. The molecule has 2 heteroatoms. The summed E-state index contributed by atoms with van der Waals surface area (Å²) < 4.78 is 0. The van der Waals surface area contributed by atoms with Gasteiger partial charge in [0.25, 0.3) is 0 Å². The summed E-state index contributed by atoms with van der Waals surface area (Å²) in [7, 11) is 0. The molecular formula is C12H16O2. The van der Waals surface area contributed by atoms with Gasteiger partial charge in [-0.25, -0.2) is 4.79 Å². The summed E-state index contributed by atoms with van der Waals surface area (Å²) in [5.41, 5.74) is 1.65. The highest BCUT2D eigenvalue weighted by Gasteiger charge is 2.23. The van der Waals surface area contributed by atoms with Gasteiger partial charge in [0.1, 0.15) is 0 Å². The van der Waals surface area contributed by atoms with E-state index >= 15 is 0 Å². The van der Waals surface area contributed by atoms with E-state index in [-0.39, 0.29) is 0 Å². The molecule has 0 atom stereocenters. The molecule has 0 aromatic heterocycles. The molecule has 0 saturated heterocycles. The third kappa shape index (κ3) is 2.59. The zero-order chi connectivity index (χ0) is 10.6. The maximum Gasteiger partial charge on any atom is 0.335 e. The molecular weight excluding hydrogens is 176 g/mol. The second-order valence-corrected chi connectivity index (χ2v) is 3.20. The van der Waals surface area contributed by atoms with Crippen LogP contribution in [0.4, 0.5) is 0 Å². The number of carboxylic acids is 1. The second-order valence-electron chi connectivity index (χ2n) is 3.20. The average Bonchev–Trinajstić information content (AvgIpc) is 3.04. The van der Waals surface area contributed by atoms with Crippen molar-refractivity contribution in [1.82, 2.24) is 0 Å². The van der Waals surface area contributed by atoms with Crippen molar-refractivity contribution >= 4 is 5.97 Å². The maximum atomic E-state index is 10.5. The molecule has 0 amide bonds. The molecule has 1 aromatic rings. The Labute approximate surface area is 84.6 Å². The van der Waals surface area contributed by atoms with Gasteiger partial charge in [-0.3, -0.25) is 0 Å². The SMILES string of the molecule is CC.O=C(O)c1ccc(C2CC2)cc1. The van der Waals surface area contributed by atoms with E-state index in [4.69, 9.17) is 5.11 Å². The van der Waals surface area contributed by atoms with Gasteiger partial charge in [0, 0.05) is 0 Å². The summed E-state index contributed by atoms with van der Waals surface area (Å²) in [5.74, 6) is -0.148. The molecule has 2 rings (SSSR count). The normalized spacial score (nSPS) is 14.1. The van der Waals surface area contributed by atoms with E-state index in [0.29, 0.717) is 11.5 Å². The number of hydrogen-bond donors (Lipinski definition) is 1. The minimum atomic E-state index is -0.850. The largest absolute Gasteiger partial charge is 0.478 e. The van der Waals surface area contributed by atoms with E-state index in [9.17, 15) is 4.79 Å². The third-order valence-electron chi connectivity index (χ3n) is 2.21. The summed E-state index contributed by atoms with van der Waals surface area (Å²) >= 11 is 0. The number of rotatable bonds is 2. The van der Waals surface area contributed by atoms with Crippen molar-refractivity contribution in [3.05, 3.63) is 35.4 Å². The molecule has 0 bridgehead atoms. The van der Waals surface area contributed by atoms with Crippen molar-refractivity contribution in [2.24, 2.45) is 0 Å². The van der Waals surface area contributed by atoms with E-state index in [1.165, 1.54) is 18.4 Å². The Bertz CT molecular complexity index is 297. The zero-order valence-corrected chi connectivity index (χ0v) is 8.66. The molecule has 1 N–H and O–H groups in total. The summed E-state index contributed by atoms with van der Waals surface area (Å²) in [4.78, 5) is 10.5. The minimum Gasteiger partial charge on any atom is -0.478 e. The highest BCUT2D eigenvalue weighted by molar-refractivity contribution is 5.87. The van der Waals surface area contributed by atoms with Gasteiger partial charge in [-0.2, -0.15) is 0 Å². The fourth-order valence-electron chi connectivity index (χ4n) is 1.31. The predicted molar refractivity (Wildman–Crippen MR) is 56.7 cm³/mol. The van der Waals surface area contributed by atoms with Gasteiger partial charge < -0.3 is 5.11 Å². The first-order chi connectivity index (χ1) is 6.77. The van der Waals surface area contributed by atoms with E-state index in [2.05, 4.69) is 0 Å². The predicted octanol–water partition coefficient (Wildman–Crippen LogP) is 3.29. The lowest BCUT2D eigenvalue weighted by Crippen LogP contribution is -1.95. The smallest absolute Gasteiger partial charge is 0.335 e. The highest BCUT2D eigenvalue weighted by Crippen LogP contribution is 2.39. The molecule has 0 radical (unpaired) electrons. The van der Waals surface area contributed by atoms with Crippen LogP contribution in [-0.2, 0) is 0 Å². The standard InChI is InChI=1S/C10H10O2.C2H6/c11-10(12)9-5-3-8(4-6-9)7-1-2-7;1-2/h3-7H,1-2H2,(H,11,12);1-2H3. The monoisotopic (exact) mass is 192 g/mol. The van der Waals surface area contributed by atoms with Crippen molar-refractivity contribution in [1.29, 1.82) is 0 Å². The summed E-state index contributed by atoms with van der Waals surface area (Å²) in [5, 5.41) is 8.63. The lowest BCUT2D eigenvalue weighted by molar-refractivity contribution is 0.0697. The molecule has 2 nitrogen and oxygen atoms in total. The first-order valence-corrected chi connectivity index (χ1v) is 5.10. The number of hydrogen-bond acceptors (Lipinski definition) is 1. The lowest BCUT2D eigenvalue weighted by Gasteiger charge is -1.97. The van der Waals surface area contributed by atoms with Crippen LogP contribution in [0.1, 0.15) is 48.5 Å². The van der Waals surface area contributed by atoms with Crippen LogP contribution in [0, 0.1) is 0 Å². The van der Waals surface area contributed by atoms with Crippen LogP contribution in [0.15, 0.2) is 24.3 Å². The number of benzene rings is 1. The van der Waals surface area contributed by atoms with Crippen LogP contribution in [0.25, 0.3) is 0 Å². The van der Waals surface area contributed by atoms with Crippen LogP contribution in [-0.4, -0.2) is 11.1 Å². The van der Waals surface area contributed by atoms with Gasteiger partial charge in [0.05, 0.1) is 5.56 Å². The van der Waals surface area contributed by atoms with Gasteiger partial charge in [-0.15, -0.1) is 0 Å². The molecule has 0 aliphatic heterocycles. The molecule has 1 saturated carbocycles. The Morgan fingerprint density at radius 3 is 2.07 bits per heavy atom. The Hall–Kier alpha value is -1.31. The van der Waals surface area contributed by atoms with Crippen LogP contribution < -0.4 is 0 Å². The fraction of sp³-hybridized carbons (Fsp3) is 0.417. The topological polar surface area (TPSA) is 37.3 Å². The van der Waals surface area contributed by atoms with Crippen LogP contribution in [0.3, 0.4) is 0 Å². The van der Waals surface area contributed by atoms with E-state index in [1.807, 2.05) is 26.0 Å². The molecule has 1 fully saturated rings. The van der Waals surface area contributed by atoms with Gasteiger partial charge in [-0.1, -0.05) is 26.0 Å². The van der Waals surface area contributed by atoms with Crippen molar-refractivity contribution < 1.29 is 9.90 Å². The number of carboxylic acid groups (broad SMARTS) is 1. The lowest BCUT2D eigenvalue weighted by atomic mass is 10.1. The molecule has 0 unspecified atom stereocenters. The summed E-state index contributed by atoms with van der Waals surface area (Å²) in [6, 6.07) is 7.19. The molecule has 14 heavy (non-hydrogen) atoms. The third-order valence-corrected chi connectivity index (χ3v) is 2.21. The maximum absolute atomic E-state index is 10.5. The van der Waals surface area contributed by atoms with Crippen LogP contribution in [0.5, 0.6) is 0 Å². The van der Waals surface area contributed by atoms with Crippen LogP contribution in [0.2, 0.25) is 0 Å². The van der Waals surface area contributed by atoms with Gasteiger partial charge in [0.2, 0.25) is 0 Å². The molecule has 1 aromatic carbocycles. The minimum absolute atomic E-state index is 0.374.